The molecule has 2 rings (SSSR count). The Labute approximate surface area is 117 Å². The van der Waals surface area contributed by atoms with Crippen molar-refractivity contribution in [3.8, 4) is 0 Å². The molecule has 1 aromatic carbocycles. The zero-order valence-electron chi connectivity index (χ0n) is 10.7. The standard InChI is InChI=1S/C15H16ClFN2/c1-18-15(7-4-11-3-2-8-19-10-11)13-6-5-12(16)9-14(13)17/h2-3,5-6,8-10,15,18H,4,7H2,1H3. The Kier molecular flexibility index (Phi) is 4.88. The van der Waals surface area contributed by atoms with Crippen molar-refractivity contribution in [2.75, 3.05) is 7.05 Å². The molecule has 19 heavy (non-hydrogen) atoms. The van der Waals surface area contributed by atoms with Gasteiger partial charge < -0.3 is 5.32 Å². The molecule has 0 spiro atoms. The van der Waals surface area contributed by atoms with E-state index in [9.17, 15) is 4.39 Å². The number of halogens is 2. The minimum Gasteiger partial charge on any atom is -0.313 e. The van der Waals surface area contributed by atoms with Crippen LogP contribution in [-0.4, -0.2) is 12.0 Å². The lowest BCUT2D eigenvalue weighted by atomic mass is 9.99. The Morgan fingerprint density at radius 3 is 2.84 bits per heavy atom. The summed E-state index contributed by atoms with van der Waals surface area (Å²) in [5.74, 6) is -0.266. The lowest BCUT2D eigenvalue weighted by Gasteiger charge is -2.17. The Bertz CT molecular complexity index is 531. The van der Waals surface area contributed by atoms with E-state index in [0.717, 1.165) is 18.4 Å². The van der Waals surface area contributed by atoms with Crippen LogP contribution in [0.1, 0.15) is 23.6 Å². The summed E-state index contributed by atoms with van der Waals surface area (Å²) in [6, 6.07) is 8.71. The van der Waals surface area contributed by atoms with Gasteiger partial charge in [-0.1, -0.05) is 23.7 Å². The highest BCUT2D eigenvalue weighted by Crippen LogP contribution is 2.24. The van der Waals surface area contributed by atoms with Gasteiger partial charge in [-0.2, -0.15) is 0 Å². The molecule has 2 aromatic rings. The highest BCUT2D eigenvalue weighted by atomic mass is 35.5. The van der Waals surface area contributed by atoms with Crippen LogP contribution in [0, 0.1) is 5.82 Å². The molecule has 1 unspecified atom stereocenters. The predicted octanol–water partition coefficient (Wildman–Crippen LogP) is 3.77. The lowest BCUT2D eigenvalue weighted by molar-refractivity contribution is 0.508. The zero-order valence-corrected chi connectivity index (χ0v) is 11.5. The monoisotopic (exact) mass is 278 g/mol. The first kappa shape index (κ1) is 14.0. The smallest absolute Gasteiger partial charge is 0.129 e. The number of aryl methyl sites for hydroxylation is 1. The van der Waals surface area contributed by atoms with Crippen LogP contribution >= 0.6 is 11.6 Å². The van der Waals surface area contributed by atoms with Crippen molar-refractivity contribution in [1.82, 2.24) is 10.3 Å². The van der Waals surface area contributed by atoms with Gasteiger partial charge in [0.05, 0.1) is 0 Å². The summed E-state index contributed by atoms with van der Waals surface area (Å²) >= 11 is 5.77. The van der Waals surface area contributed by atoms with Gasteiger partial charge in [0.25, 0.3) is 0 Å². The number of aromatic nitrogens is 1. The van der Waals surface area contributed by atoms with E-state index in [4.69, 9.17) is 11.6 Å². The lowest BCUT2D eigenvalue weighted by Crippen LogP contribution is -2.18. The number of benzene rings is 1. The fourth-order valence-corrected chi connectivity index (χ4v) is 2.26. The van der Waals surface area contributed by atoms with Crippen LogP contribution < -0.4 is 5.32 Å². The molecule has 0 aliphatic carbocycles. The predicted molar refractivity (Wildman–Crippen MR) is 75.8 cm³/mol. The second-order valence-corrected chi connectivity index (χ2v) is 4.84. The van der Waals surface area contributed by atoms with Gasteiger partial charge in [0.1, 0.15) is 5.82 Å². The van der Waals surface area contributed by atoms with E-state index in [1.807, 2.05) is 25.4 Å². The molecule has 0 saturated carbocycles. The first-order chi connectivity index (χ1) is 9.20. The maximum absolute atomic E-state index is 13.9. The van der Waals surface area contributed by atoms with Crippen molar-refractivity contribution in [3.05, 3.63) is 64.7 Å². The minimum atomic E-state index is -0.266. The third kappa shape index (κ3) is 3.75. The summed E-state index contributed by atoms with van der Waals surface area (Å²) in [5, 5.41) is 3.57. The number of nitrogens with one attached hydrogen (secondary N) is 1. The molecule has 0 amide bonds. The molecule has 0 fully saturated rings. The molecular weight excluding hydrogens is 263 g/mol. The highest BCUT2D eigenvalue weighted by molar-refractivity contribution is 6.30. The van der Waals surface area contributed by atoms with E-state index in [-0.39, 0.29) is 11.9 Å². The highest BCUT2D eigenvalue weighted by Gasteiger charge is 2.14. The quantitative estimate of drug-likeness (QED) is 0.901. The van der Waals surface area contributed by atoms with Gasteiger partial charge in [-0.05, 0) is 43.7 Å². The van der Waals surface area contributed by atoms with Crippen molar-refractivity contribution in [2.24, 2.45) is 0 Å². The molecule has 1 atom stereocenters. The van der Waals surface area contributed by atoms with Crippen molar-refractivity contribution in [1.29, 1.82) is 0 Å². The first-order valence-corrected chi connectivity index (χ1v) is 6.59. The van der Waals surface area contributed by atoms with Gasteiger partial charge >= 0.3 is 0 Å². The Morgan fingerprint density at radius 2 is 2.21 bits per heavy atom. The number of hydrogen-bond donors (Lipinski definition) is 1. The third-order valence-corrected chi connectivity index (χ3v) is 3.37. The van der Waals surface area contributed by atoms with Crippen LogP contribution in [0.15, 0.2) is 42.7 Å². The van der Waals surface area contributed by atoms with E-state index in [1.54, 1.807) is 18.3 Å². The van der Waals surface area contributed by atoms with Crippen molar-refractivity contribution >= 4 is 11.6 Å². The normalized spacial score (nSPS) is 12.4. The van der Waals surface area contributed by atoms with Gasteiger partial charge in [0.15, 0.2) is 0 Å². The first-order valence-electron chi connectivity index (χ1n) is 6.22. The third-order valence-electron chi connectivity index (χ3n) is 3.13. The summed E-state index contributed by atoms with van der Waals surface area (Å²) in [6.07, 6.45) is 5.24. The van der Waals surface area contributed by atoms with E-state index in [1.165, 1.54) is 6.07 Å². The van der Waals surface area contributed by atoms with Gasteiger partial charge in [-0.15, -0.1) is 0 Å². The van der Waals surface area contributed by atoms with Gasteiger partial charge in [-0.3, -0.25) is 4.98 Å². The van der Waals surface area contributed by atoms with Crippen LogP contribution in [0.3, 0.4) is 0 Å². The van der Waals surface area contributed by atoms with Gasteiger partial charge in [0.2, 0.25) is 0 Å². The molecule has 2 nitrogen and oxygen atoms in total. The molecule has 1 heterocycles. The van der Waals surface area contributed by atoms with Crippen LogP contribution in [0.4, 0.5) is 4.39 Å². The van der Waals surface area contributed by atoms with Gasteiger partial charge in [0, 0.05) is 29.0 Å². The average molecular weight is 279 g/mol. The molecular formula is C15H16ClFN2. The Morgan fingerprint density at radius 1 is 1.37 bits per heavy atom. The maximum Gasteiger partial charge on any atom is 0.129 e. The Hall–Kier alpha value is -1.45. The number of pyridine rings is 1. The average Bonchev–Trinajstić information content (AvgIpc) is 2.42. The molecule has 0 saturated heterocycles. The molecule has 1 N–H and O–H groups in total. The molecule has 0 aliphatic rings. The molecule has 0 radical (unpaired) electrons. The summed E-state index contributed by atoms with van der Waals surface area (Å²) in [6.45, 7) is 0. The summed E-state index contributed by atoms with van der Waals surface area (Å²) in [5.41, 5.74) is 1.80. The van der Waals surface area contributed by atoms with Crippen LogP contribution in [0.5, 0.6) is 0 Å². The minimum absolute atomic E-state index is 0.0301. The number of hydrogen-bond acceptors (Lipinski definition) is 2. The molecule has 100 valence electrons. The van der Waals surface area contributed by atoms with E-state index in [0.29, 0.717) is 10.6 Å². The second kappa shape index (κ2) is 6.64. The second-order valence-electron chi connectivity index (χ2n) is 4.41. The SMILES string of the molecule is CNC(CCc1cccnc1)c1ccc(Cl)cc1F. The molecule has 4 heteroatoms. The zero-order chi connectivity index (χ0) is 13.7. The van der Waals surface area contributed by atoms with Gasteiger partial charge in [-0.25, -0.2) is 4.39 Å². The van der Waals surface area contributed by atoms with Crippen LogP contribution in [0.2, 0.25) is 5.02 Å². The summed E-state index contributed by atoms with van der Waals surface area (Å²) in [7, 11) is 1.84. The van der Waals surface area contributed by atoms with Crippen LogP contribution in [-0.2, 0) is 6.42 Å². The topological polar surface area (TPSA) is 24.9 Å². The molecule has 0 bridgehead atoms. The molecule has 0 aliphatic heterocycles. The fraction of sp³-hybridized carbons (Fsp3) is 0.267. The van der Waals surface area contributed by atoms with Crippen molar-refractivity contribution in [3.63, 3.8) is 0 Å². The van der Waals surface area contributed by atoms with E-state index >= 15 is 0 Å². The van der Waals surface area contributed by atoms with Crippen molar-refractivity contribution in [2.45, 2.75) is 18.9 Å². The molecule has 1 aromatic heterocycles. The summed E-state index contributed by atoms with van der Waals surface area (Å²) < 4.78 is 13.9. The maximum atomic E-state index is 13.9. The fourth-order valence-electron chi connectivity index (χ4n) is 2.10. The van der Waals surface area contributed by atoms with E-state index < -0.39 is 0 Å². The van der Waals surface area contributed by atoms with E-state index in [2.05, 4.69) is 10.3 Å². The largest absolute Gasteiger partial charge is 0.313 e. The van der Waals surface area contributed by atoms with Crippen LogP contribution in [0.25, 0.3) is 0 Å². The Balaban J connectivity index is 2.08. The number of nitrogens with zero attached hydrogens (tertiary/aromatic N) is 1. The summed E-state index contributed by atoms with van der Waals surface area (Å²) in [4.78, 5) is 4.08. The van der Waals surface area contributed by atoms with Crippen molar-refractivity contribution < 1.29 is 4.39 Å². The number of rotatable bonds is 5.